The molecular formula is C22H20ClN3O4. The Morgan fingerprint density at radius 2 is 1.90 bits per heavy atom. The zero-order valence-corrected chi connectivity index (χ0v) is 17.3. The van der Waals surface area contributed by atoms with E-state index in [0.29, 0.717) is 27.8 Å². The molecule has 154 valence electrons. The van der Waals surface area contributed by atoms with E-state index in [1.165, 1.54) is 10.6 Å². The van der Waals surface area contributed by atoms with Crippen molar-refractivity contribution in [2.45, 2.75) is 20.4 Å². The molecule has 0 bridgehead atoms. The molecular weight excluding hydrogens is 406 g/mol. The van der Waals surface area contributed by atoms with Gasteiger partial charge in [-0.15, -0.1) is 0 Å². The van der Waals surface area contributed by atoms with Crippen LogP contribution in [-0.2, 0) is 16.1 Å². The molecule has 0 saturated carbocycles. The second-order valence-corrected chi connectivity index (χ2v) is 6.91. The van der Waals surface area contributed by atoms with Crippen LogP contribution in [0.25, 0.3) is 11.4 Å². The lowest BCUT2D eigenvalue weighted by Crippen LogP contribution is -2.30. The van der Waals surface area contributed by atoms with Gasteiger partial charge in [-0.25, -0.2) is 9.78 Å². The van der Waals surface area contributed by atoms with Gasteiger partial charge in [-0.3, -0.25) is 14.2 Å². The van der Waals surface area contributed by atoms with Crippen LogP contribution in [0.15, 0.2) is 59.4 Å². The summed E-state index contributed by atoms with van der Waals surface area (Å²) in [7, 11) is 0. The van der Waals surface area contributed by atoms with Crippen LogP contribution < -0.4 is 10.9 Å². The third-order valence-electron chi connectivity index (χ3n) is 4.22. The molecule has 0 aliphatic heterocycles. The number of benzene rings is 2. The average molecular weight is 426 g/mol. The molecule has 0 unspecified atom stereocenters. The van der Waals surface area contributed by atoms with Gasteiger partial charge in [0.25, 0.3) is 5.56 Å². The van der Waals surface area contributed by atoms with E-state index >= 15 is 0 Å². The summed E-state index contributed by atoms with van der Waals surface area (Å²) in [5, 5.41) is 3.17. The molecule has 1 N–H and O–H groups in total. The van der Waals surface area contributed by atoms with Crippen molar-refractivity contribution in [3.63, 3.8) is 0 Å². The molecule has 1 aromatic heterocycles. The van der Waals surface area contributed by atoms with Crippen molar-refractivity contribution in [3.8, 4) is 11.4 Å². The molecule has 3 rings (SSSR count). The van der Waals surface area contributed by atoms with Crippen LogP contribution in [0.5, 0.6) is 0 Å². The number of hydrogen-bond acceptors (Lipinski definition) is 5. The molecule has 1 heterocycles. The maximum atomic E-state index is 12.7. The first-order chi connectivity index (χ1) is 14.4. The number of anilines is 1. The van der Waals surface area contributed by atoms with Gasteiger partial charge >= 0.3 is 5.97 Å². The number of halogens is 1. The fourth-order valence-electron chi connectivity index (χ4n) is 2.93. The molecule has 3 aromatic rings. The van der Waals surface area contributed by atoms with E-state index in [2.05, 4.69) is 10.3 Å². The number of carbonyl (C=O) groups excluding carboxylic acids is 2. The predicted octanol–water partition coefficient (Wildman–Crippen LogP) is 3.69. The van der Waals surface area contributed by atoms with Crippen LogP contribution in [0.4, 0.5) is 5.69 Å². The number of nitrogens with zero attached hydrogens (tertiary/aromatic N) is 2. The maximum absolute atomic E-state index is 12.7. The quantitative estimate of drug-likeness (QED) is 0.608. The number of carbonyl (C=O) groups is 2. The first-order valence-corrected chi connectivity index (χ1v) is 9.67. The lowest BCUT2D eigenvalue weighted by Gasteiger charge is -2.14. The minimum absolute atomic E-state index is 0.217. The Hall–Kier alpha value is -3.45. The normalized spacial score (nSPS) is 10.5. The summed E-state index contributed by atoms with van der Waals surface area (Å²) in [6.45, 7) is 3.34. The third-order valence-corrected chi connectivity index (χ3v) is 4.45. The summed E-state index contributed by atoms with van der Waals surface area (Å²) >= 11 is 6.07. The van der Waals surface area contributed by atoms with Crippen molar-refractivity contribution in [1.82, 2.24) is 9.55 Å². The minimum Gasteiger partial charge on any atom is -0.462 e. The number of para-hydroxylation sites is 1. The van der Waals surface area contributed by atoms with Crippen LogP contribution >= 0.6 is 11.6 Å². The summed E-state index contributed by atoms with van der Waals surface area (Å²) in [5.74, 6) is -0.693. The van der Waals surface area contributed by atoms with Gasteiger partial charge in [0.2, 0.25) is 5.91 Å². The molecule has 0 aliphatic rings. The monoisotopic (exact) mass is 425 g/mol. The number of rotatable bonds is 6. The number of nitrogens with one attached hydrogen (secondary N) is 1. The zero-order chi connectivity index (χ0) is 21.7. The van der Waals surface area contributed by atoms with E-state index < -0.39 is 11.9 Å². The third kappa shape index (κ3) is 4.93. The molecule has 8 heteroatoms. The lowest BCUT2D eigenvalue weighted by molar-refractivity contribution is -0.116. The average Bonchev–Trinajstić information content (AvgIpc) is 2.70. The molecule has 0 fully saturated rings. The summed E-state index contributed by atoms with van der Waals surface area (Å²) in [5.41, 5.74) is 1.31. The molecule has 0 saturated heterocycles. The van der Waals surface area contributed by atoms with E-state index in [1.54, 1.807) is 62.4 Å². The van der Waals surface area contributed by atoms with Crippen molar-refractivity contribution in [1.29, 1.82) is 0 Å². The van der Waals surface area contributed by atoms with Crippen molar-refractivity contribution >= 4 is 29.2 Å². The van der Waals surface area contributed by atoms with Gasteiger partial charge in [0.15, 0.2) is 0 Å². The summed E-state index contributed by atoms with van der Waals surface area (Å²) in [4.78, 5) is 41.9. The highest BCUT2D eigenvalue weighted by Gasteiger charge is 2.17. The molecule has 30 heavy (non-hydrogen) atoms. The Morgan fingerprint density at radius 1 is 1.13 bits per heavy atom. The Morgan fingerprint density at radius 3 is 2.63 bits per heavy atom. The molecule has 7 nitrogen and oxygen atoms in total. The molecule has 0 aliphatic carbocycles. The van der Waals surface area contributed by atoms with Crippen molar-refractivity contribution in [2.24, 2.45) is 0 Å². The zero-order valence-electron chi connectivity index (χ0n) is 16.5. The Labute approximate surface area is 178 Å². The number of aromatic nitrogens is 2. The van der Waals surface area contributed by atoms with E-state index in [1.807, 2.05) is 0 Å². The van der Waals surface area contributed by atoms with Crippen LogP contribution in [0.3, 0.4) is 0 Å². The van der Waals surface area contributed by atoms with Gasteiger partial charge in [0.1, 0.15) is 12.4 Å². The van der Waals surface area contributed by atoms with Crippen molar-refractivity contribution < 1.29 is 14.3 Å². The Balaban J connectivity index is 1.92. The largest absolute Gasteiger partial charge is 0.462 e. The van der Waals surface area contributed by atoms with Crippen LogP contribution in [-0.4, -0.2) is 28.0 Å². The highest BCUT2D eigenvalue weighted by atomic mass is 35.5. The van der Waals surface area contributed by atoms with E-state index in [0.717, 1.165) is 0 Å². The summed E-state index contributed by atoms with van der Waals surface area (Å²) in [6.07, 6.45) is 0. The second kappa shape index (κ2) is 9.37. The van der Waals surface area contributed by atoms with Gasteiger partial charge in [-0.1, -0.05) is 35.9 Å². The standard InChI is InChI=1S/C22H20ClN3O4/c1-3-30-22(29)17-9-4-5-10-18(17)25-19(27)13-26-20(28)11-14(2)24-21(26)15-7-6-8-16(23)12-15/h4-12H,3,13H2,1-2H3,(H,25,27). The molecule has 1 amide bonds. The predicted molar refractivity (Wildman–Crippen MR) is 115 cm³/mol. The van der Waals surface area contributed by atoms with Crippen LogP contribution in [0.2, 0.25) is 5.02 Å². The van der Waals surface area contributed by atoms with Crippen molar-refractivity contribution in [2.75, 3.05) is 11.9 Å². The van der Waals surface area contributed by atoms with Crippen molar-refractivity contribution in [3.05, 3.63) is 81.2 Å². The Kier molecular flexibility index (Phi) is 6.64. The van der Waals surface area contributed by atoms with Crippen LogP contribution in [0.1, 0.15) is 23.0 Å². The number of ether oxygens (including phenoxy) is 1. The molecule has 0 spiro atoms. The second-order valence-electron chi connectivity index (χ2n) is 6.47. The molecule has 0 radical (unpaired) electrons. The van der Waals surface area contributed by atoms with E-state index in [4.69, 9.17) is 16.3 Å². The van der Waals surface area contributed by atoms with Gasteiger partial charge in [-0.2, -0.15) is 0 Å². The fraction of sp³-hybridized carbons (Fsp3) is 0.182. The molecule has 0 atom stereocenters. The fourth-order valence-corrected chi connectivity index (χ4v) is 3.12. The number of hydrogen-bond donors (Lipinski definition) is 1. The number of amides is 1. The van der Waals surface area contributed by atoms with Gasteiger partial charge in [0, 0.05) is 22.3 Å². The van der Waals surface area contributed by atoms with Gasteiger partial charge in [-0.05, 0) is 38.1 Å². The molecule has 2 aromatic carbocycles. The first kappa shape index (κ1) is 21.3. The maximum Gasteiger partial charge on any atom is 0.340 e. The highest BCUT2D eigenvalue weighted by Crippen LogP contribution is 2.21. The number of aryl methyl sites for hydroxylation is 1. The SMILES string of the molecule is CCOC(=O)c1ccccc1NC(=O)Cn1c(-c2cccc(Cl)c2)nc(C)cc1=O. The lowest BCUT2D eigenvalue weighted by atomic mass is 10.1. The smallest absolute Gasteiger partial charge is 0.340 e. The Bertz CT molecular complexity index is 1160. The summed E-state index contributed by atoms with van der Waals surface area (Å²) < 4.78 is 6.29. The number of esters is 1. The van der Waals surface area contributed by atoms with E-state index in [9.17, 15) is 14.4 Å². The first-order valence-electron chi connectivity index (χ1n) is 9.29. The van der Waals surface area contributed by atoms with E-state index in [-0.39, 0.29) is 24.3 Å². The van der Waals surface area contributed by atoms with Gasteiger partial charge < -0.3 is 10.1 Å². The highest BCUT2D eigenvalue weighted by molar-refractivity contribution is 6.30. The minimum atomic E-state index is -0.540. The van der Waals surface area contributed by atoms with Gasteiger partial charge in [0.05, 0.1) is 17.9 Å². The topological polar surface area (TPSA) is 90.3 Å². The summed E-state index contributed by atoms with van der Waals surface area (Å²) in [6, 6.07) is 14.8. The van der Waals surface area contributed by atoms with Crippen LogP contribution in [0, 0.1) is 6.92 Å².